The molecule has 0 aromatic heterocycles. The Bertz CT molecular complexity index is 143. The molecule has 2 heteroatoms. The summed E-state index contributed by atoms with van der Waals surface area (Å²) in [5.41, 5.74) is 0. The van der Waals surface area contributed by atoms with Gasteiger partial charge in [0.2, 0.25) is 0 Å². The minimum atomic E-state index is -0.125. The maximum Gasteiger partial charge on any atom is 0.0662 e. The Morgan fingerprint density at radius 2 is 0.440 bits per heavy atom. The van der Waals surface area contributed by atoms with Gasteiger partial charge in [-0.1, -0.05) is 42.5 Å². The first kappa shape index (κ1) is 49.5. The quantitative estimate of drug-likeness (QED) is 0.483. The molecule has 0 fully saturated rings. The van der Waals surface area contributed by atoms with Gasteiger partial charge in [-0.25, -0.2) is 0 Å². The average Bonchev–Trinajstić information content (AvgIpc) is 2.52. The van der Waals surface area contributed by atoms with E-state index in [2.05, 4.69) is 46.1 Å². The zero-order valence-electron chi connectivity index (χ0n) is 18.3. The molecule has 2 nitrogen and oxygen atoms in total. The Balaban J connectivity index is -0.0000000221. The van der Waals surface area contributed by atoms with Crippen LogP contribution < -0.4 is 0 Å². The summed E-state index contributed by atoms with van der Waals surface area (Å²) in [5, 5.41) is 15.2. The van der Waals surface area contributed by atoms with E-state index in [1.54, 1.807) is 42.5 Å². The van der Waals surface area contributed by atoms with Crippen LogP contribution in [0.5, 0.6) is 0 Å². The molecule has 0 rings (SSSR count). The third-order valence-electron chi connectivity index (χ3n) is 0.1000. The van der Waals surface area contributed by atoms with Gasteiger partial charge in [0, 0.05) is 0 Å². The van der Waals surface area contributed by atoms with E-state index in [1.165, 1.54) is 0 Å². The summed E-state index contributed by atoms with van der Waals surface area (Å²) in [6.45, 7) is 36.5. The monoisotopic (exact) mass is 356 g/mol. The van der Waals surface area contributed by atoms with Gasteiger partial charge in [-0.2, -0.15) is 0 Å². The summed E-state index contributed by atoms with van der Waals surface area (Å²) < 4.78 is 0. The lowest BCUT2D eigenvalue weighted by Gasteiger charge is -1.70. The predicted molar refractivity (Wildman–Crippen MR) is 125 cm³/mol. The molecule has 0 aliphatic heterocycles. The number of allylic oxidation sites excluding steroid dienone is 7. The zero-order chi connectivity index (χ0) is 22.4. The van der Waals surface area contributed by atoms with Crippen LogP contribution in [-0.4, -0.2) is 23.4 Å². The van der Waals surface area contributed by atoms with Gasteiger partial charge >= 0.3 is 0 Å². The van der Waals surface area contributed by atoms with E-state index < -0.39 is 0 Å². The first-order chi connectivity index (χ1) is 11.8. The van der Waals surface area contributed by atoms with Crippen molar-refractivity contribution in [2.45, 2.75) is 48.5 Å². The van der Waals surface area contributed by atoms with Crippen LogP contribution in [0.15, 0.2) is 88.6 Å². The summed E-state index contributed by atoms with van der Waals surface area (Å²) in [6.07, 6.45) is 12.2. The van der Waals surface area contributed by atoms with Crippen molar-refractivity contribution in [1.29, 1.82) is 0 Å². The second kappa shape index (κ2) is 195. The van der Waals surface area contributed by atoms with E-state index in [4.69, 9.17) is 10.2 Å². The molecule has 0 radical (unpaired) electrons. The number of rotatable bonds is 1. The molecular formula is C23H48O2. The van der Waals surface area contributed by atoms with Crippen molar-refractivity contribution in [3.05, 3.63) is 88.6 Å². The molecule has 0 bridgehead atoms. The van der Waals surface area contributed by atoms with Crippen molar-refractivity contribution in [3.63, 3.8) is 0 Å². The summed E-state index contributed by atoms with van der Waals surface area (Å²) in [5.74, 6) is 0. The Labute approximate surface area is 161 Å². The first-order valence-corrected chi connectivity index (χ1v) is 8.03. The van der Waals surface area contributed by atoms with E-state index in [-0.39, 0.29) is 13.2 Å². The van der Waals surface area contributed by atoms with E-state index in [0.717, 1.165) is 0 Å². The molecular weight excluding hydrogens is 308 g/mol. The lowest BCUT2D eigenvalue weighted by atomic mass is 10.8. The smallest absolute Gasteiger partial charge is 0.0662 e. The summed E-state index contributed by atoms with van der Waals surface area (Å²) in [6, 6.07) is 0. The minimum Gasteiger partial charge on any atom is -0.394 e. The Morgan fingerprint density at radius 3 is 0.440 bits per heavy atom. The highest BCUT2D eigenvalue weighted by atomic mass is 16.3. The zero-order valence-corrected chi connectivity index (χ0v) is 18.3. The topological polar surface area (TPSA) is 40.5 Å². The first-order valence-electron chi connectivity index (χ1n) is 8.03. The average molecular weight is 357 g/mol. The number of aliphatic hydroxyl groups excluding tert-OH is 2. The van der Waals surface area contributed by atoms with Gasteiger partial charge in [-0.3, -0.25) is 0 Å². The van der Waals surface area contributed by atoms with Crippen LogP contribution in [-0.2, 0) is 0 Å². The molecule has 0 saturated carbocycles. The van der Waals surface area contributed by atoms with Gasteiger partial charge in [0.1, 0.15) is 0 Å². The normalized spacial score (nSPS) is 4.84. The van der Waals surface area contributed by atoms with Gasteiger partial charge in [0.05, 0.1) is 13.2 Å². The molecule has 0 aliphatic rings. The fraction of sp³-hybridized carbons (Fsp3) is 0.391. The SMILES string of the molecule is C=CC.C=CC.C=CC.C=CC.C=CC.C=CC.C=CC.OCCO. The molecule has 0 aliphatic carbocycles. The lowest BCUT2D eigenvalue weighted by molar-refractivity contribution is 0.186. The van der Waals surface area contributed by atoms with E-state index in [1.807, 2.05) is 48.5 Å². The molecule has 0 heterocycles. The molecule has 0 atom stereocenters. The predicted octanol–water partition coefficient (Wildman–Crippen LogP) is 7.32. The Hall–Kier alpha value is -1.90. The summed E-state index contributed by atoms with van der Waals surface area (Å²) in [7, 11) is 0. The Kier molecular flexibility index (Phi) is 386. The van der Waals surface area contributed by atoms with Crippen molar-refractivity contribution in [2.75, 3.05) is 13.2 Å². The van der Waals surface area contributed by atoms with Crippen LogP contribution in [0.25, 0.3) is 0 Å². The fourth-order valence-corrected chi connectivity index (χ4v) is 0. The molecule has 0 amide bonds. The van der Waals surface area contributed by atoms with Crippen molar-refractivity contribution in [1.82, 2.24) is 0 Å². The molecule has 0 aromatic carbocycles. The molecule has 25 heavy (non-hydrogen) atoms. The fourth-order valence-electron chi connectivity index (χ4n) is 0. The van der Waals surface area contributed by atoms with Crippen molar-refractivity contribution >= 4 is 0 Å². The van der Waals surface area contributed by atoms with Crippen LogP contribution in [0.3, 0.4) is 0 Å². The van der Waals surface area contributed by atoms with Gasteiger partial charge in [0.25, 0.3) is 0 Å². The van der Waals surface area contributed by atoms with Crippen LogP contribution in [0, 0.1) is 0 Å². The highest BCUT2D eigenvalue weighted by Gasteiger charge is 1.58. The van der Waals surface area contributed by atoms with Crippen LogP contribution in [0.2, 0.25) is 0 Å². The molecule has 0 saturated heterocycles. The summed E-state index contributed by atoms with van der Waals surface area (Å²) in [4.78, 5) is 0. The van der Waals surface area contributed by atoms with Crippen LogP contribution in [0.4, 0.5) is 0 Å². The van der Waals surface area contributed by atoms with Crippen molar-refractivity contribution in [2.24, 2.45) is 0 Å². The highest BCUT2D eigenvalue weighted by molar-refractivity contribution is 4.53. The lowest BCUT2D eigenvalue weighted by Crippen LogP contribution is -1.85. The van der Waals surface area contributed by atoms with Gasteiger partial charge < -0.3 is 10.2 Å². The van der Waals surface area contributed by atoms with Gasteiger partial charge in [-0.15, -0.1) is 46.1 Å². The highest BCUT2D eigenvalue weighted by Crippen LogP contribution is 1.40. The van der Waals surface area contributed by atoms with Gasteiger partial charge in [-0.05, 0) is 48.5 Å². The van der Waals surface area contributed by atoms with E-state index in [0.29, 0.717) is 0 Å². The number of hydrogen-bond acceptors (Lipinski definition) is 2. The minimum absolute atomic E-state index is 0.125. The van der Waals surface area contributed by atoms with Crippen LogP contribution >= 0.6 is 0 Å². The van der Waals surface area contributed by atoms with E-state index >= 15 is 0 Å². The maximum absolute atomic E-state index is 7.62. The maximum atomic E-state index is 7.62. The standard InChI is InChI=1S/7C3H6.C2H6O2/c7*1-3-2;3-1-2-4/h7*3H,1H2,2H3;3-4H,1-2H2. The molecule has 152 valence electrons. The van der Waals surface area contributed by atoms with Crippen molar-refractivity contribution < 1.29 is 10.2 Å². The molecule has 2 N–H and O–H groups in total. The van der Waals surface area contributed by atoms with Crippen molar-refractivity contribution in [3.8, 4) is 0 Å². The number of aliphatic hydroxyl groups is 2. The molecule has 0 aromatic rings. The molecule has 0 spiro atoms. The third kappa shape index (κ3) is 11000. The van der Waals surface area contributed by atoms with Gasteiger partial charge in [0.15, 0.2) is 0 Å². The largest absolute Gasteiger partial charge is 0.394 e. The molecule has 0 unspecified atom stereocenters. The Morgan fingerprint density at radius 1 is 0.400 bits per heavy atom. The third-order valence-corrected chi connectivity index (χ3v) is 0.1000. The number of hydrogen-bond donors (Lipinski definition) is 2. The van der Waals surface area contributed by atoms with Crippen LogP contribution in [0.1, 0.15) is 48.5 Å². The summed E-state index contributed by atoms with van der Waals surface area (Å²) >= 11 is 0. The second-order valence-corrected chi connectivity index (χ2v) is 3.30. The van der Waals surface area contributed by atoms with E-state index in [9.17, 15) is 0 Å². The second-order valence-electron chi connectivity index (χ2n) is 3.30.